The van der Waals surface area contributed by atoms with E-state index in [1.54, 1.807) is 0 Å². The van der Waals surface area contributed by atoms with Crippen LogP contribution in [0.15, 0.2) is 29.1 Å². The fourth-order valence-corrected chi connectivity index (χ4v) is 1.52. The van der Waals surface area contributed by atoms with Crippen LogP contribution < -0.4 is 5.56 Å². The number of aromatic nitrogens is 1. The molecule has 0 radical (unpaired) electrons. The Labute approximate surface area is 89.3 Å². The first-order valence-electron chi connectivity index (χ1n) is 4.59. The Morgan fingerprint density at radius 3 is 2.81 bits per heavy atom. The first-order valence-corrected chi connectivity index (χ1v) is 4.59. The van der Waals surface area contributed by atoms with E-state index in [4.69, 9.17) is 5.11 Å². The Hall–Kier alpha value is -2.17. The largest absolute Gasteiger partial charge is 0.481 e. The number of rotatable bonds is 2. The van der Waals surface area contributed by atoms with Gasteiger partial charge < -0.3 is 10.1 Å². The third-order valence-electron chi connectivity index (χ3n) is 2.22. The number of carboxylic acid groups (broad SMARTS) is 1. The van der Waals surface area contributed by atoms with Gasteiger partial charge in [-0.2, -0.15) is 0 Å². The van der Waals surface area contributed by atoms with Gasteiger partial charge in [0.05, 0.1) is 6.42 Å². The zero-order valence-corrected chi connectivity index (χ0v) is 8.16. The van der Waals surface area contributed by atoms with Gasteiger partial charge in [0, 0.05) is 16.5 Å². The van der Waals surface area contributed by atoms with Crippen LogP contribution in [0.5, 0.6) is 0 Å². The van der Waals surface area contributed by atoms with Gasteiger partial charge in [-0.15, -0.1) is 0 Å². The lowest BCUT2D eigenvalue weighted by atomic mass is 10.1. The zero-order chi connectivity index (χ0) is 11.7. The van der Waals surface area contributed by atoms with Crippen LogP contribution in [0.4, 0.5) is 4.39 Å². The van der Waals surface area contributed by atoms with Crippen molar-refractivity contribution in [3.8, 4) is 0 Å². The summed E-state index contributed by atoms with van der Waals surface area (Å²) in [4.78, 5) is 24.4. The van der Waals surface area contributed by atoms with Gasteiger partial charge in [0.15, 0.2) is 0 Å². The molecule has 4 nitrogen and oxygen atoms in total. The van der Waals surface area contributed by atoms with Crippen LogP contribution in [-0.2, 0) is 11.2 Å². The Kier molecular flexibility index (Phi) is 2.44. The maximum Gasteiger partial charge on any atom is 0.308 e. The van der Waals surface area contributed by atoms with E-state index < -0.39 is 17.3 Å². The molecule has 0 unspecified atom stereocenters. The highest BCUT2D eigenvalue weighted by molar-refractivity contribution is 5.80. The highest BCUT2D eigenvalue weighted by atomic mass is 19.1. The summed E-state index contributed by atoms with van der Waals surface area (Å²) in [5.74, 6) is -1.53. The maximum atomic E-state index is 12.9. The van der Waals surface area contributed by atoms with Crippen LogP contribution in [0.1, 0.15) is 5.56 Å². The van der Waals surface area contributed by atoms with E-state index in [0.717, 1.165) is 0 Å². The normalized spacial score (nSPS) is 10.6. The first-order chi connectivity index (χ1) is 7.56. The number of nitrogens with one attached hydrogen (secondary N) is 1. The molecule has 0 bridgehead atoms. The van der Waals surface area contributed by atoms with Gasteiger partial charge in [0.25, 0.3) is 5.56 Å². The standard InChI is InChI=1S/C11H8FNO3/c12-8-1-2-9-6(4-8)3-7(5-10(14)15)11(16)13-9/h1-4H,5H2,(H,13,16)(H,14,15). The fourth-order valence-electron chi connectivity index (χ4n) is 1.52. The van der Waals surface area contributed by atoms with Crippen LogP contribution in [0.3, 0.4) is 0 Å². The zero-order valence-electron chi connectivity index (χ0n) is 8.16. The summed E-state index contributed by atoms with van der Waals surface area (Å²) in [6.07, 6.45) is -0.373. The summed E-state index contributed by atoms with van der Waals surface area (Å²) in [6.45, 7) is 0. The molecule has 16 heavy (non-hydrogen) atoms. The number of halogens is 1. The smallest absolute Gasteiger partial charge is 0.308 e. The molecule has 0 fully saturated rings. The first kappa shape index (κ1) is 10.4. The minimum absolute atomic E-state index is 0.116. The van der Waals surface area contributed by atoms with Crippen molar-refractivity contribution in [3.63, 3.8) is 0 Å². The third kappa shape index (κ3) is 1.93. The quantitative estimate of drug-likeness (QED) is 0.802. The van der Waals surface area contributed by atoms with Crippen LogP contribution in [-0.4, -0.2) is 16.1 Å². The van der Waals surface area contributed by atoms with Gasteiger partial charge in [-0.25, -0.2) is 4.39 Å². The molecular formula is C11H8FNO3. The summed E-state index contributed by atoms with van der Waals surface area (Å²) in [5, 5.41) is 9.07. The molecular weight excluding hydrogens is 213 g/mol. The number of fused-ring (bicyclic) bond motifs is 1. The second-order valence-corrected chi connectivity index (χ2v) is 3.43. The molecule has 1 heterocycles. The molecule has 2 N–H and O–H groups in total. The molecule has 82 valence electrons. The maximum absolute atomic E-state index is 12.9. The molecule has 0 atom stereocenters. The van der Waals surface area contributed by atoms with E-state index in [-0.39, 0.29) is 12.0 Å². The molecule has 0 aliphatic rings. The molecule has 1 aromatic carbocycles. The molecule has 2 aromatic rings. The highest BCUT2D eigenvalue weighted by Gasteiger charge is 2.07. The second kappa shape index (κ2) is 3.77. The summed E-state index contributed by atoms with van der Waals surface area (Å²) < 4.78 is 12.9. The van der Waals surface area contributed by atoms with Crippen molar-refractivity contribution < 1.29 is 14.3 Å². The molecule has 0 spiro atoms. The number of carbonyl (C=O) groups is 1. The molecule has 0 aliphatic carbocycles. The van der Waals surface area contributed by atoms with E-state index in [9.17, 15) is 14.0 Å². The summed E-state index contributed by atoms with van der Waals surface area (Å²) >= 11 is 0. The molecule has 5 heteroatoms. The average molecular weight is 221 g/mol. The number of hydrogen-bond acceptors (Lipinski definition) is 2. The van der Waals surface area contributed by atoms with Crippen molar-refractivity contribution in [2.24, 2.45) is 0 Å². The third-order valence-corrected chi connectivity index (χ3v) is 2.22. The van der Waals surface area contributed by atoms with Gasteiger partial charge in [-0.3, -0.25) is 9.59 Å². The summed E-state index contributed by atoms with van der Waals surface area (Å²) in [6, 6.07) is 5.31. The molecule has 0 saturated carbocycles. The van der Waals surface area contributed by atoms with Crippen molar-refractivity contribution in [3.05, 3.63) is 46.0 Å². The topological polar surface area (TPSA) is 70.2 Å². The fraction of sp³-hybridized carbons (Fsp3) is 0.0909. The SMILES string of the molecule is O=C(O)Cc1cc2cc(F)ccc2[nH]c1=O. The Morgan fingerprint density at radius 2 is 2.12 bits per heavy atom. The molecule has 1 aromatic heterocycles. The Bertz CT molecular complexity index is 618. The lowest BCUT2D eigenvalue weighted by molar-refractivity contribution is -0.136. The Morgan fingerprint density at radius 1 is 1.38 bits per heavy atom. The van der Waals surface area contributed by atoms with Crippen molar-refractivity contribution >= 4 is 16.9 Å². The van der Waals surface area contributed by atoms with Crippen LogP contribution in [0.25, 0.3) is 10.9 Å². The van der Waals surface area contributed by atoms with E-state index in [0.29, 0.717) is 10.9 Å². The average Bonchev–Trinajstić information content (AvgIpc) is 2.19. The predicted octanol–water partition coefficient (Wildman–Crippen LogP) is 1.29. The monoisotopic (exact) mass is 221 g/mol. The molecule has 2 rings (SSSR count). The molecule has 0 amide bonds. The van der Waals surface area contributed by atoms with E-state index in [2.05, 4.69) is 4.98 Å². The Balaban J connectivity index is 2.64. The minimum Gasteiger partial charge on any atom is -0.481 e. The molecule has 0 aliphatic heterocycles. The van der Waals surface area contributed by atoms with E-state index in [1.165, 1.54) is 24.3 Å². The van der Waals surface area contributed by atoms with Gasteiger partial charge in [0.2, 0.25) is 0 Å². The lowest BCUT2D eigenvalue weighted by Gasteiger charge is -2.01. The van der Waals surface area contributed by atoms with Gasteiger partial charge in [0.1, 0.15) is 5.82 Å². The number of carboxylic acids is 1. The summed E-state index contributed by atoms with van der Waals surface area (Å²) in [7, 11) is 0. The van der Waals surface area contributed by atoms with Crippen molar-refractivity contribution in [1.29, 1.82) is 0 Å². The van der Waals surface area contributed by atoms with Crippen LogP contribution in [0.2, 0.25) is 0 Å². The number of benzene rings is 1. The van der Waals surface area contributed by atoms with Gasteiger partial charge >= 0.3 is 5.97 Å². The number of pyridine rings is 1. The summed E-state index contributed by atoms with van der Waals surface area (Å²) in [5.41, 5.74) is 0.146. The highest BCUT2D eigenvalue weighted by Crippen LogP contribution is 2.12. The second-order valence-electron chi connectivity index (χ2n) is 3.43. The van der Waals surface area contributed by atoms with Crippen molar-refractivity contribution in [2.75, 3.05) is 0 Å². The van der Waals surface area contributed by atoms with Crippen LogP contribution in [0, 0.1) is 5.82 Å². The lowest BCUT2D eigenvalue weighted by Crippen LogP contribution is -2.15. The number of aliphatic carboxylic acids is 1. The number of H-pyrrole nitrogens is 1. The van der Waals surface area contributed by atoms with Crippen LogP contribution >= 0.6 is 0 Å². The van der Waals surface area contributed by atoms with E-state index in [1.807, 2.05) is 0 Å². The number of hydrogen-bond donors (Lipinski definition) is 2. The van der Waals surface area contributed by atoms with Gasteiger partial charge in [-0.1, -0.05) is 0 Å². The van der Waals surface area contributed by atoms with Gasteiger partial charge in [-0.05, 0) is 24.3 Å². The van der Waals surface area contributed by atoms with Crippen molar-refractivity contribution in [2.45, 2.75) is 6.42 Å². The number of aromatic amines is 1. The molecule has 0 saturated heterocycles. The predicted molar refractivity (Wildman–Crippen MR) is 55.9 cm³/mol. The van der Waals surface area contributed by atoms with E-state index >= 15 is 0 Å². The minimum atomic E-state index is -1.10. The van der Waals surface area contributed by atoms with Crippen molar-refractivity contribution in [1.82, 2.24) is 4.98 Å².